The van der Waals surface area contributed by atoms with Gasteiger partial charge in [0.1, 0.15) is 6.10 Å². The van der Waals surface area contributed by atoms with Gasteiger partial charge >= 0.3 is 0 Å². The molecule has 1 aliphatic rings. The van der Waals surface area contributed by atoms with Gasteiger partial charge < -0.3 is 15.8 Å². The number of rotatable bonds is 6. The van der Waals surface area contributed by atoms with Crippen LogP contribution in [0, 0.1) is 0 Å². The SMILES string of the molecule is C=CCNC(N)=NCc1ccnc(OC2CCCC2)c1.I. The second-order valence-electron chi connectivity index (χ2n) is 4.90. The third-order valence-corrected chi connectivity index (χ3v) is 3.25. The molecule has 0 bridgehead atoms. The quantitative estimate of drug-likeness (QED) is 0.332. The minimum atomic E-state index is 0. The number of nitrogens with one attached hydrogen (secondary N) is 1. The highest BCUT2D eigenvalue weighted by molar-refractivity contribution is 14.0. The minimum absolute atomic E-state index is 0. The van der Waals surface area contributed by atoms with E-state index < -0.39 is 0 Å². The molecule has 2 rings (SSSR count). The molecule has 1 fully saturated rings. The maximum atomic E-state index is 5.87. The molecule has 0 amide bonds. The summed E-state index contributed by atoms with van der Waals surface area (Å²) in [5.41, 5.74) is 6.76. The average Bonchev–Trinajstić information content (AvgIpc) is 2.96. The van der Waals surface area contributed by atoms with E-state index in [-0.39, 0.29) is 24.0 Å². The van der Waals surface area contributed by atoms with E-state index in [2.05, 4.69) is 21.9 Å². The molecule has 0 aromatic carbocycles. The Hall–Kier alpha value is -1.31. The van der Waals surface area contributed by atoms with Crippen LogP contribution in [-0.2, 0) is 6.54 Å². The summed E-state index contributed by atoms with van der Waals surface area (Å²) in [7, 11) is 0. The van der Waals surface area contributed by atoms with Crippen LogP contribution in [0.5, 0.6) is 5.88 Å². The second-order valence-corrected chi connectivity index (χ2v) is 4.90. The number of aliphatic imine (C=N–C) groups is 1. The van der Waals surface area contributed by atoms with E-state index in [1.54, 1.807) is 12.3 Å². The standard InChI is InChI=1S/C15H22N4O.HI/c1-2-8-18-15(16)19-11-12-7-9-17-14(10-12)20-13-5-3-4-6-13;/h2,7,9-10,13H,1,3-6,8,11H2,(H3,16,18,19);1H. The predicted octanol–water partition coefficient (Wildman–Crippen LogP) is 2.61. The number of halogens is 1. The lowest BCUT2D eigenvalue weighted by Gasteiger charge is -2.12. The van der Waals surface area contributed by atoms with E-state index in [9.17, 15) is 0 Å². The van der Waals surface area contributed by atoms with Gasteiger partial charge in [-0.3, -0.25) is 0 Å². The molecule has 0 unspecified atom stereocenters. The molecule has 116 valence electrons. The first-order valence-electron chi connectivity index (χ1n) is 7.04. The Labute approximate surface area is 143 Å². The van der Waals surface area contributed by atoms with E-state index >= 15 is 0 Å². The third kappa shape index (κ3) is 6.33. The predicted molar refractivity (Wildman–Crippen MR) is 96.1 cm³/mol. The molecular weight excluding hydrogens is 379 g/mol. The zero-order valence-electron chi connectivity index (χ0n) is 12.1. The molecule has 0 atom stereocenters. The van der Waals surface area contributed by atoms with E-state index in [4.69, 9.17) is 10.5 Å². The molecule has 1 aromatic rings. The van der Waals surface area contributed by atoms with Crippen molar-refractivity contribution in [3.05, 3.63) is 36.5 Å². The first-order valence-corrected chi connectivity index (χ1v) is 7.04. The molecule has 1 aliphatic carbocycles. The Morgan fingerprint density at radius 2 is 2.29 bits per heavy atom. The van der Waals surface area contributed by atoms with Crippen molar-refractivity contribution in [2.75, 3.05) is 6.54 Å². The highest BCUT2D eigenvalue weighted by Gasteiger charge is 2.16. The average molecular weight is 402 g/mol. The number of hydrogen-bond donors (Lipinski definition) is 2. The minimum Gasteiger partial charge on any atom is -0.474 e. The summed E-state index contributed by atoms with van der Waals surface area (Å²) in [5.74, 6) is 1.10. The summed E-state index contributed by atoms with van der Waals surface area (Å²) in [6.07, 6.45) is 8.57. The van der Waals surface area contributed by atoms with Gasteiger partial charge in [0.15, 0.2) is 5.96 Å². The Balaban J connectivity index is 0.00000220. The van der Waals surface area contributed by atoms with E-state index in [0.29, 0.717) is 31.0 Å². The van der Waals surface area contributed by atoms with E-state index in [1.165, 1.54) is 12.8 Å². The fourth-order valence-corrected chi connectivity index (χ4v) is 2.20. The maximum absolute atomic E-state index is 5.87. The Morgan fingerprint density at radius 1 is 1.52 bits per heavy atom. The summed E-state index contributed by atoms with van der Waals surface area (Å²) in [4.78, 5) is 8.51. The number of aromatic nitrogens is 1. The molecule has 1 saturated carbocycles. The van der Waals surface area contributed by atoms with Crippen molar-refractivity contribution in [3.8, 4) is 5.88 Å². The van der Waals surface area contributed by atoms with Crippen LogP contribution in [0.2, 0.25) is 0 Å². The van der Waals surface area contributed by atoms with E-state index in [1.807, 2.05) is 12.1 Å². The smallest absolute Gasteiger partial charge is 0.213 e. The van der Waals surface area contributed by atoms with Crippen LogP contribution >= 0.6 is 24.0 Å². The van der Waals surface area contributed by atoms with Crippen LogP contribution < -0.4 is 15.8 Å². The van der Waals surface area contributed by atoms with Crippen molar-refractivity contribution >= 4 is 29.9 Å². The van der Waals surface area contributed by atoms with Crippen LogP contribution in [-0.4, -0.2) is 23.6 Å². The van der Waals surface area contributed by atoms with Crippen molar-refractivity contribution in [3.63, 3.8) is 0 Å². The normalized spacial score (nSPS) is 15.3. The molecule has 0 spiro atoms. The Kier molecular flexibility index (Phi) is 8.11. The third-order valence-electron chi connectivity index (χ3n) is 3.25. The molecule has 1 aromatic heterocycles. The maximum Gasteiger partial charge on any atom is 0.213 e. The number of nitrogens with zero attached hydrogens (tertiary/aromatic N) is 2. The molecule has 0 radical (unpaired) electrons. The molecular formula is C15H23IN4O. The lowest BCUT2D eigenvalue weighted by atomic mass is 10.2. The lowest BCUT2D eigenvalue weighted by Crippen LogP contribution is -2.31. The first-order chi connectivity index (χ1) is 9.78. The molecule has 6 heteroatoms. The van der Waals surface area contributed by atoms with Gasteiger partial charge in [0.2, 0.25) is 5.88 Å². The van der Waals surface area contributed by atoms with Crippen molar-refractivity contribution in [2.45, 2.75) is 38.3 Å². The Morgan fingerprint density at radius 3 is 3.00 bits per heavy atom. The van der Waals surface area contributed by atoms with Gasteiger partial charge in [-0.25, -0.2) is 9.98 Å². The lowest BCUT2D eigenvalue weighted by molar-refractivity contribution is 0.201. The van der Waals surface area contributed by atoms with Gasteiger partial charge in [0, 0.05) is 18.8 Å². The van der Waals surface area contributed by atoms with Crippen molar-refractivity contribution in [2.24, 2.45) is 10.7 Å². The van der Waals surface area contributed by atoms with Gasteiger partial charge in [-0.2, -0.15) is 0 Å². The summed E-state index contributed by atoms with van der Waals surface area (Å²) in [6, 6.07) is 3.86. The highest BCUT2D eigenvalue weighted by atomic mass is 127. The number of pyridine rings is 1. The molecule has 21 heavy (non-hydrogen) atoms. The van der Waals surface area contributed by atoms with Crippen molar-refractivity contribution in [1.82, 2.24) is 10.3 Å². The molecule has 0 saturated heterocycles. The topological polar surface area (TPSA) is 72.5 Å². The largest absolute Gasteiger partial charge is 0.474 e. The number of guanidine groups is 1. The summed E-state index contributed by atoms with van der Waals surface area (Å²) >= 11 is 0. The fourth-order valence-electron chi connectivity index (χ4n) is 2.20. The zero-order chi connectivity index (χ0) is 14.2. The van der Waals surface area contributed by atoms with Gasteiger partial charge in [0.25, 0.3) is 0 Å². The van der Waals surface area contributed by atoms with E-state index in [0.717, 1.165) is 18.4 Å². The summed E-state index contributed by atoms with van der Waals surface area (Å²) in [6.45, 7) is 4.74. The number of ether oxygens (including phenoxy) is 1. The first kappa shape index (κ1) is 17.7. The van der Waals surface area contributed by atoms with Crippen LogP contribution in [0.1, 0.15) is 31.2 Å². The monoisotopic (exact) mass is 402 g/mol. The number of nitrogens with two attached hydrogens (primary N) is 1. The van der Waals surface area contributed by atoms with Crippen LogP contribution in [0.15, 0.2) is 36.0 Å². The van der Waals surface area contributed by atoms with Crippen LogP contribution in [0.25, 0.3) is 0 Å². The molecule has 3 N–H and O–H groups in total. The molecule has 0 aliphatic heterocycles. The fraction of sp³-hybridized carbons (Fsp3) is 0.467. The van der Waals surface area contributed by atoms with Crippen molar-refractivity contribution < 1.29 is 4.74 Å². The second kappa shape index (κ2) is 9.59. The summed E-state index contributed by atoms with van der Waals surface area (Å²) < 4.78 is 5.87. The van der Waals surface area contributed by atoms with Gasteiger partial charge in [0.05, 0.1) is 6.54 Å². The highest BCUT2D eigenvalue weighted by Crippen LogP contribution is 2.23. The van der Waals surface area contributed by atoms with Crippen LogP contribution in [0.4, 0.5) is 0 Å². The van der Waals surface area contributed by atoms with Gasteiger partial charge in [-0.15, -0.1) is 30.6 Å². The van der Waals surface area contributed by atoms with Crippen LogP contribution in [0.3, 0.4) is 0 Å². The number of hydrogen-bond acceptors (Lipinski definition) is 3. The Bertz CT molecular complexity index is 472. The van der Waals surface area contributed by atoms with Crippen molar-refractivity contribution in [1.29, 1.82) is 0 Å². The summed E-state index contributed by atoms with van der Waals surface area (Å²) in [5, 5.41) is 2.94. The van der Waals surface area contributed by atoms with Gasteiger partial charge in [-0.1, -0.05) is 6.08 Å². The molecule has 1 heterocycles. The van der Waals surface area contributed by atoms with Gasteiger partial charge in [-0.05, 0) is 37.3 Å². The zero-order valence-corrected chi connectivity index (χ0v) is 14.5. The molecule has 5 nitrogen and oxygen atoms in total.